The van der Waals surface area contributed by atoms with Crippen LogP contribution in [0.15, 0.2) is 18.2 Å². The molecule has 0 spiro atoms. The number of halogens is 1. The van der Waals surface area contributed by atoms with Crippen molar-refractivity contribution in [3.8, 4) is 0 Å². The maximum atomic E-state index is 13.9. The fraction of sp³-hybridized carbons (Fsp3) is 0.571. The Kier molecular flexibility index (Phi) is 6.25. The van der Waals surface area contributed by atoms with E-state index in [4.69, 9.17) is 10.6 Å². The maximum absolute atomic E-state index is 13.9. The molecule has 0 heterocycles. The fourth-order valence-electron chi connectivity index (χ4n) is 2.14. The molecule has 1 rings (SSSR count). The first-order chi connectivity index (χ1) is 8.63. The largest absolute Gasteiger partial charge is 0.376 e. The molecule has 0 saturated carbocycles. The van der Waals surface area contributed by atoms with Gasteiger partial charge in [0.05, 0.1) is 12.1 Å². The molecule has 102 valence electrons. The zero-order valence-corrected chi connectivity index (χ0v) is 11.4. The lowest BCUT2D eigenvalue weighted by molar-refractivity contribution is 0.0267. The summed E-state index contributed by atoms with van der Waals surface area (Å²) in [5.41, 5.74) is 4.28. The highest BCUT2D eigenvalue weighted by molar-refractivity contribution is 5.27. The molecule has 4 heteroatoms. The molecule has 0 bridgehead atoms. The molecular formula is C14H23FN2O. The van der Waals surface area contributed by atoms with Gasteiger partial charge < -0.3 is 4.74 Å². The standard InChI is InChI=1S/C14H23FN2O/c1-4-6-13(18-5-2)14(17-16)11-9-10(3)7-8-12(11)15/h7-9,13-14,17H,4-6,16H2,1-3H3. The average molecular weight is 254 g/mol. The average Bonchev–Trinajstić information content (AvgIpc) is 2.35. The second kappa shape index (κ2) is 7.46. The molecule has 0 amide bonds. The molecule has 1 aromatic rings. The minimum Gasteiger partial charge on any atom is -0.376 e. The first kappa shape index (κ1) is 15.1. The van der Waals surface area contributed by atoms with Gasteiger partial charge in [0, 0.05) is 12.2 Å². The number of aryl methyl sites for hydroxylation is 1. The normalized spacial score (nSPS) is 14.5. The molecular weight excluding hydrogens is 231 g/mol. The molecule has 0 aromatic heterocycles. The smallest absolute Gasteiger partial charge is 0.128 e. The van der Waals surface area contributed by atoms with E-state index in [-0.39, 0.29) is 18.0 Å². The summed E-state index contributed by atoms with van der Waals surface area (Å²) in [4.78, 5) is 0. The Bertz CT molecular complexity index is 365. The fourth-order valence-corrected chi connectivity index (χ4v) is 2.14. The number of hydrogen-bond donors (Lipinski definition) is 2. The minimum atomic E-state index is -0.315. The van der Waals surface area contributed by atoms with E-state index >= 15 is 0 Å². The van der Waals surface area contributed by atoms with Crippen molar-refractivity contribution < 1.29 is 9.13 Å². The van der Waals surface area contributed by atoms with Gasteiger partial charge in [0.25, 0.3) is 0 Å². The monoisotopic (exact) mass is 254 g/mol. The highest BCUT2D eigenvalue weighted by Crippen LogP contribution is 2.25. The summed E-state index contributed by atoms with van der Waals surface area (Å²) < 4.78 is 19.6. The Morgan fingerprint density at radius 3 is 2.67 bits per heavy atom. The van der Waals surface area contributed by atoms with Gasteiger partial charge in [-0.25, -0.2) is 4.39 Å². The quantitative estimate of drug-likeness (QED) is 0.581. The van der Waals surface area contributed by atoms with E-state index < -0.39 is 0 Å². The summed E-state index contributed by atoms with van der Waals surface area (Å²) in [6.07, 6.45) is 1.70. The first-order valence-electron chi connectivity index (χ1n) is 6.47. The molecule has 3 N–H and O–H groups in total. The van der Waals surface area contributed by atoms with Crippen molar-refractivity contribution in [1.29, 1.82) is 0 Å². The summed E-state index contributed by atoms with van der Waals surface area (Å²) in [6.45, 7) is 6.54. The predicted molar refractivity (Wildman–Crippen MR) is 71.5 cm³/mol. The van der Waals surface area contributed by atoms with Crippen LogP contribution >= 0.6 is 0 Å². The molecule has 0 radical (unpaired) electrons. The van der Waals surface area contributed by atoms with Crippen molar-refractivity contribution in [2.45, 2.75) is 45.8 Å². The molecule has 0 saturated heterocycles. The van der Waals surface area contributed by atoms with Gasteiger partial charge in [0.1, 0.15) is 5.82 Å². The lowest BCUT2D eigenvalue weighted by Gasteiger charge is -2.27. The Morgan fingerprint density at radius 2 is 2.11 bits per heavy atom. The Balaban J connectivity index is 3.01. The molecule has 2 unspecified atom stereocenters. The van der Waals surface area contributed by atoms with Gasteiger partial charge in [-0.05, 0) is 26.3 Å². The molecule has 0 aliphatic rings. The molecule has 3 nitrogen and oxygen atoms in total. The van der Waals surface area contributed by atoms with Crippen LogP contribution in [0.25, 0.3) is 0 Å². The maximum Gasteiger partial charge on any atom is 0.128 e. The Labute approximate surface area is 108 Å². The van der Waals surface area contributed by atoms with Crippen molar-refractivity contribution in [3.05, 3.63) is 35.1 Å². The number of ether oxygens (including phenoxy) is 1. The molecule has 18 heavy (non-hydrogen) atoms. The van der Waals surface area contributed by atoms with Gasteiger partial charge in [0.2, 0.25) is 0 Å². The number of hydrogen-bond acceptors (Lipinski definition) is 3. The first-order valence-corrected chi connectivity index (χ1v) is 6.47. The Hall–Kier alpha value is -0.970. The second-order valence-electron chi connectivity index (χ2n) is 4.45. The summed E-state index contributed by atoms with van der Waals surface area (Å²) in [6, 6.07) is 4.73. The minimum absolute atomic E-state index is 0.110. The van der Waals surface area contributed by atoms with E-state index in [1.54, 1.807) is 6.07 Å². The van der Waals surface area contributed by atoms with Crippen molar-refractivity contribution in [2.24, 2.45) is 5.84 Å². The third-order valence-corrected chi connectivity index (χ3v) is 2.99. The summed E-state index contributed by atoms with van der Waals surface area (Å²) in [5, 5.41) is 0. The van der Waals surface area contributed by atoms with E-state index in [1.165, 1.54) is 6.07 Å². The highest BCUT2D eigenvalue weighted by Gasteiger charge is 2.24. The second-order valence-corrected chi connectivity index (χ2v) is 4.45. The number of nitrogens with one attached hydrogen (secondary N) is 1. The molecule has 0 aliphatic carbocycles. The number of nitrogens with two attached hydrogens (primary N) is 1. The molecule has 0 fully saturated rings. The van der Waals surface area contributed by atoms with Gasteiger partial charge in [0.15, 0.2) is 0 Å². The van der Waals surface area contributed by atoms with E-state index in [0.29, 0.717) is 12.2 Å². The van der Waals surface area contributed by atoms with Crippen molar-refractivity contribution in [1.82, 2.24) is 5.43 Å². The van der Waals surface area contributed by atoms with Crippen LogP contribution in [0.5, 0.6) is 0 Å². The summed E-state index contributed by atoms with van der Waals surface area (Å²) in [7, 11) is 0. The zero-order chi connectivity index (χ0) is 13.5. The Morgan fingerprint density at radius 1 is 1.39 bits per heavy atom. The lowest BCUT2D eigenvalue weighted by Crippen LogP contribution is -2.38. The van der Waals surface area contributed by atoms with Gasteiger partial charge in [-0.1, -0.05) is 31.0 Å². The molecule has 1 aromatic carbocycles. The van der Waals surface area contributed by atoms with E-state index in [9.17, 15) is 4.39 Å². The van der Waals surface area contributed by atoms with E-state index in [0.717, 1.165) is 18.4 Å². The predicted octanol–water partition coefficient (Wildman–Crippen LogP) is 2.84. The van der Waals surface area contributed by atoms with Crippen molar-refractivity contribution in [3.63, 3.8) is 0 Å². The van der Waals surface area contributed by atoms with E-state index in [2.05, 4.69) is 12.3 Å². The van der Waals surface area contributed by atoms with Crippen LogP contribution in [-0.2, 0) is 4.74 Å². The van der Waals surface area contributed by atoms with Crippen LogP contribution in [0.1, 0.15) is 43.9 Å². The van der Waals surface area contributed by atoms with Gasteiger partial charge in [-0.15, -0.1) is 0 Å². The highest BCUT2D eigenvalue weighted by atomic mass is 19.1. The van der Waals surface area contributed by atoms with Gasteiger partial charge in [-0.2, -0.15) is 0 Å². The van der Waals surface area contributed by atoms with Crippen LogP contribution in [-0.4, -0.2) is 12.7 Å². The molecule has 2 atom stereocenters. The summed E-state index contributed by atoms with van der Waals surface area (Å²) >= 11 is 0. The van der Waals surface area contributed by atoms with Gasteiger partial charge in [-0.3, -0.25) is 11.3 Å². The van der Waals surface area contributed by atoms with Gasteiger partial charge >= 0.3 is 0 Å². The summed E-state index contributed by atoms with van der Waals surface area (Å²) in [5.74, 6) is 5.34. The SMILES string of the molecule is CCCC(OCC)C(NN)c1cc(C)ccc1F. The van der Waals surface area contributed by atoms with Crippen LogP contribution in [0.4, 0.5) is 4.39 Å². The van der Waals surface area contributed by atoms with E-state index in [1.807, 2.05) is 19.9 Å². The zero-order valence-electron chi connectivity index (χ0n) is 11.4. The van der Waals surface area contributed by atoms with Crippen LogP contribution in [0.3, 0.4) is 0 Å². The molecule has 0 aliphatic heterocycles. The van der Waals surface area contributed by atoms with Crippen LogP contribution in [0.2, 0.25) is 0 Å². The number of benzene rings is 1. The number of hydrazine groups is 1. The van der Waals surface area contributed by atoms with Crippen LogP contribution in [0, 0.1) is 12.7 Å². The van der Waals surface area contributed by atoms with Crippen molar-refractivity contribution >= 4 is 0 Å². The third kappa shape index (κ3) is 3.77. The lowest BCUT2D eigenvalue weighted by atomic mass is 9.96. The topological polar surface area (TPSA) is 47.3 Å². The number of rotatable bonds is 7. The van der Waals surface area contributed by atoms with Crippen molar-refractivity contribution in [2.75, 3.05) is 6.61 Å². The third-order valence-electron chi connectivity index (χ3n) is 2.99. The van der Waals surface area contributed by atoms with Crippen LogP contribution < -0.4 is 11.3 Å².